The zero-order valence-electron chi connectivity index (χ0n) is 9.30. The molecule has 1 atom stereocenters. The van der Waals surface area contributed by atoms with Gasteiger partial charge in [0.1, 0.15) is 5.01 Å². The second kappa shape index (κ2) is 5.18. The summed E-state index contributed by atoms with van der Waals surface area (Å²) < 4.78 is 4.91. The molecule has 2 aromatic heterocycles. The van der Waals surface area contributed by atoms with Crippen LogP contribution < -0.4 is 5.32 Å². The second-order valence-corrected chi connectivity index (χ2v) is 4.37. The topological polar surface area (TPSA) is 63.8 Å². The summed E-state index contributed by atoms with van der Waals surface area (Å²) in [6.45, 7) is 4.52. The van der Waals surface area contributed by atoms with E-state index in [1.54, 1.807) is 18.3 Å². The molecule has 5 nitrogen and oxygen atoms in total. The summed E-state index contributed by atoms with van der Waals surface area (Å²) in [5.74, 6) is 1.28. The highest BCUT2D eigenvalue weighted by Crippen LogP contribution is 2.18. The molecule has 0 aliphatic heterocycles. The molecule has 0 aliphatic carbocycles. The van der Waals surface area contributed by atoms with E-state index in [2.05, 4.69) is 27.4 Å². The van der Waals surface area contributed by atoms with Crippen molar-refractivity contribution in [2.24, 2.45) is 0 Å². The van der Waals surface area contributed by atoms with E-state index in [1.807, 2.05) is 11.6 Å². The first-order valence-electron chi connectivity index (χ1n) is 5.21. The predicted molar refractivity (Wildman–Crippen MR) is 61.0 cm³/mol. The summed E-state index contributed by atoms with van der Waals surface area (Å²) in [5, 5.41) is 10.3. The molecule has 0 aromatic carbocycles. The van der Waals surface area contributed by atoms with E-state index in [4.69, 9.17) is 4.52 Å². The average molecular weight is 238 g/mol. The van der Waals surface area contributed by atoms with Crippen LogP contribution in [0.3, 0.4) is 0 Å². The van der Waals surface area contributed by atoms with Gasteiger partial charge in [-0.1, -0.05) is 12.1 Å². The summed E-state index contributed by atoms with van der Waals surface area (Å²) in [4.78, 5) is 8.44. The third-order valence-corrected chi connectivity index (χ3v) is 3.12. The van der Waals surface area contributed by atoms with Gasteiger partial charge in [0.2, 0.25) is 5.89 Å². The number of hydrogen-bond donors (Lipinski definition) is 1. The molecule has 0 aliphatic rings. The van der Waals surface area contributed by atoms with E-state index in [0.717, 1.165) is 11.4 Å². The van der Waals surface area contributed by atoms with Crippen molar-refractivity contribution in [2.45, 2.75) is 32.9 Å². The van der Waals surface area contributed by atoms with Gasteiger partial charge in [0.05, 0.1) is 12.6 Å². The van der Waals surface area contributed by atoms with Crippen LogP contribution in [-0.4, -0.2) is 15.1 Å². The Morgan fingerprint density at radius 3 is 3.00 bits per heavy atom. The van der Waals surface area contributed by atoms with Crippen molar-refractivity contribution in [3.05, 3.63) is 28.3 Å². The Labute approximate surface area is 97.9 Å². The van der Waals surface area contributed by atoms with Gasteiger partial charge in [-0.05, 0) is 6.42 Å². The summed E-state index contributed by atoms with van der Waals surface area (Å²) in [5.41, 5.74) is 0. The fraction of sp³-hybridized carbons (Fsp3) is 0.500. The first-order chi connectivity index (χ1) is 7.79. The number of hydrogen-bond acceptors (Lipinski definition) is 6. The van der Waals surface area contributed by atoms with E-state index in [0.29, 0.717) is 18.3 Å². The van der Waals surface area contributed by atoms with Crippen LogP contribution in [-0.2, 0) is 6.54 Å². The minimum Gasteiger partial charge on any atom is -0.340 e. The number of rotatable bonds is 5. The number of nitrogens with zero attached hydrogens (tertiary/aromatic N) is 3. The highest BCUT2D eigenvalue weighted by molar-refractivity contribution is 7.09. The molecule has 6 heteroatoms. The maximum atomic E-state index is 4.91. The molecular weight excluding hydrogens is 224 g/mol. The Balaban J connectivity index is 1.93. The lowest BCUT2D eigenvalue weighted by Crippen LogP contribution is -2.20. The Kier molecular flexibility index (Phi) is 3.63. The van der Waals surface area contributed by atoms with Crippen LogP contribution in [0.4, 0.5) is 0 Å². The normalized spacial score (nSPS) is 12.9. The van der Waals surface area contributed by atoms with Crippen molar-refractivity contribution in [3.8, 4) is 0 Å². The molecule has 16 heavy (non-hydrogen) atoms. The molecule has 0 fully saturated rings. The van der Waals surface area contributed by atoms with E-state index in [9.17, 15) is 0 Å². The van der Waals surface area contributed by atoms with Gasteiger partial charge in [-0.15, -0.1) is 11.3 Å². The average Bonchev–Trinajstić information content (AvgIpc) is 2.91. The largest absolute Gasteiger partial charge is 0.340 e. The fourth-order valence-electron chi connectivity index (χ4n) is 1.44. The minimum atomic E-state index is 0.263. The molecule has 0 amide bonds. The lowest BCUT2D eigenvalue weighted by atomic mass is 10.2. The SMILES string of the molecule is CC[C@@H](NCc1noc(C)n1)c1nccs1. The maximum absolute atomic E-state index is 4.91. The van der Waals surface area contributed by atoms with Crippen molar-refractivity contribution < 1.29 is 4.52 Å². The second-order valence-electron chi connectivity index (χ2n) is 3.44. The van der Waals surface area contributed by atoms with Crippen LogP contribution in [0.1, 0.15) is 36.1 Å². The van der Waals surface area contributed by atoms with Gasteiger partial charge in [0, 0.05) is 18.5 Å². The van der Waals surface area contributed by atoms with Crippen molar-refractivity contribution in [2.75, 3.05) is 0 Å². The van der Waals surface area contributed by atoms with Crippen molar-refractivity contribution in [1.82, 2.24) is 20.4 Å². The summed E-state index contributed by atoms with van der Waals surface area (Å²) in [7, 11) is 0. The molecule has 0 unspecified atom stereocenters. The van der Waals surface area contributed by atoms with Gasteiger partial charge in [0.15, 0.2) is 5.82 Å². The maximum Gasteiger partial charge on any atom is 0.223 e. The van der Waals surface area contributed by atoms with Crippen LogP contribution in [0.25, 0.3) is 0 Å². The molecule has 2 heterocycles. The minimum absolute atomic E-state index is 0.263. The van der Waals surface area contributed by atoms with Crippen molar-refractivity contribution >= 4 is 11.3 Å². The molecule has 0 spiro atoms. The molecule has 2 aromatic rings. The third-order valence-electron chi connectivity index (χ3n) is 2.23. The smallest absolute Gasteiger partial charge is 0.223 e. The van der Waals surface area contributed by atoms with Gasteiger partial charge in [-0.25, -0.2) is 4.98 Å². The summed E-state index contributed by atoms with van der Waals surface area (Å²) >= 11 is 1.66. The fourth-order valence-corrected chi connectivity index (χ4v) is 2.24. The van der Waals surface area contributed by atoms with Gasteiger partial charge >= 0.3 is 0 Å². The monoisotopic (exact) mass is 238 g/mol. The Hall–Kier alpha value is -1.27. The first-order valence-corrected chi connectivity index (χ1v) is 6.09. The van der Waals surface area contributed by atoms with Crippen molar-refractivity contribution in [3.63, 3.8) is 0 Å². The van der Waals surface area contributed by atoms with E-state index >= 15 is 0 Å². The predicted octanol–water partition coefficient (Wildman–Crippen LogP) is 2.08. The van der Waals surface area contributed by atoms with Gasteiger partial charge in [0.25, 0.3) is 0 Å². The molecule has 0 radical (unpaired) electrons. The molecule has 2 rings (SSSR count). The summed E-state index contributed by atoms with van der Waals surface area (Å²) in [6, 6.07) is 0.263. The lowest BCUT2D eigenvalue weighted by Gasteiger charge is -2.12. The number of nitrogens with one attached hydrogen (secondary N) is 1. The van der Waals surface area contributed by atoms with Gasteiger partial charge in [-0.2, -0.15) is 4.98 Å². The van der Waals surface area contributed by atoms with Crippen molar-refractivity contribution in [1.29, 1.82) is 0 Å². The summed E-state index contributed by atoms with van der Waals surface area (Å²) in [6.07, 6.45) is 2.81. The van der Waals surface area contributed by atoms with Crippen LogP contribution in [0.2, 0.25) is 0 Å². The molecular formula is C10H14N4OS. The lowest BCUT2D eigenvalue weighted by molar-refractivity contribution is 0.383. The molecule has 86 valence electrons. The van der Waals surface area contributed by atoms with E-state index in [1.165, 1.54) is 0 Å². The molecule has 0 bridgehead atoms. The number of thiazole rings is 1. The number of aromatic nitrogens is 3. The van der Waals surface area contributed by atoms with Crippen LogP contribution >= 0.6 is 11.3 Å². The zero-order chi connectivity index (χ0) is 11.4. The standard InChI is InChI=1S/C10H14N4OS/c1-3-8(10-11-4-5-16-10)12-6-9-13-7(2)15-14-9/h4-5,8,12H,3,6H2,1-2H3/t8-/m1/s1. The van der Waals surface area contributed by atoms with E-state index < -0.39 is 0 Å². The molecule has 0 saturated heterocycles. The van der Waals surface area contributed by atoms with Crippen LogP contribution in [0, 0.1) is 6.92 Å². The van der Waals surface area contributed by atoms with Gasteiger partial charge < -0.3 is 9.84 Å². The van der Waals surface area contributed by atoms with E-state index in [-0.39, 0.29) is 6.04 Å². The molecule has 0 saturated carbocycles. The molecule has 1 N–H and O–H groups in total. The zero-order valence-corrected chi connectivity index (χ0v) is 10.1. The highest BCUT2D eigenvalue weighted by atomic mass is 32.1. The number of aryl methyl sites for hydroxylation is 1. The Bertz CT molecular complexity index is 426. The quantitative estimate of drug-likeness (QED) is 0.864. The van der Waals surface area contributed by atoms with Crippen LogP contribution in [0.15, 0.2) is 16.1 Å². The third kappa shape index (κ3) is 2.65. The Morgan fingerprint density at radius 1 is 1.56 bits per heavy atom. The van der Waals surface area contributed by atoms with Gasteiger partial charge in [-0.3, -0.25) is 0 Å². The Morgan fingerprint density at radius 2 is 2.44 bits per heavy atom. The van der Waals surface area contributed by atoms with Crippen LogP contribution in [0.5, 0.6) is 0 Å². The highest BCUT2D eigenvalue weighted by Gasteiger charge is 2.12. The first kappa shape index (κ1) is 11.2.